The maximum Gasteiger partial charge on any atom is 0.0543 e. The largest absolute Gasteiger partial charge is 0.393 e. The number of aliphatic hydroxyl groups is 2. The van der Waals surface area contributed by atoms with Gasteiger partial charge in [0.2, 0.25) is 0 Å². The van der Waals surface area contributed by atoms with Gasteiger partial charge in [-0.15, -0.1) is 0 Å². The molecule has 0 heterocycles. The second-order valence-corrected chi connectivity index (χ2v) is 4.30. The Balaban J connectivity index is 3.40. The topological polar surface area (TPSA) is 40.5 Å². The average molecular weight is 188 g/mol. The van der Waals surface area contributed by atoms with Crippen LogP contribution in [0, 0.1) is 5.92 Å². The van der Waals surface area contributed by atoms with Crippen molar-refractivity contribution in [2.24, 2.45) is 5.92 Å². The van der Waals surface area contributed by atoms with E-state index in [-0.39, 0.29) is 12.2 Å². The van der Waals surface area contributed by atoms with Crippen LogP contribution in [0.1, 0.15) is 52.9 Å². The van der Waals surface area contributed by atoms with Gasteiger partial charge < -0.3 is 10.2 Å². The zero-order valence-electron chi connectivity index (χ0n) is 9.16. The SMILES string of the molecule is CCCC(O)CCC(O)CC(C)C. The van der Waals surface area contributed by atoms with Crippen LogP contribution in [0.4, 0.5) is 0 Å². The van der Waals surface area contributed by atoms with Crippen molar-refractivity contribution in [3.63, 3.8) is 0 Å². The highest BCUT2D eigenvalue weighted by Crippen LogP contribution is 2.12. The number of aliphatic hydroxyl groups excluding tert-OH is 2. The number of rotatable bonds is 7. The first-order chi connectivity index (χ1) is 6.06. The van der Waals surface area contributed by atoms with Gasteiger partial charge in [0.15, 0.2) is 0 Å². The molecule has 2 heteroatoms. The van der Waals surface area contributed by atoms with Gasteiger partial charge in [0.1, 0.15) is 0 Å². The molecule has 0 bridgehead atoms. The lowest BCUT2D eigenvalue weighted by Gasteiger charge is -2.15. The van der Waals surface area contributed by atoms with E-state index in [1.807, 2.05) is 0 Å². The van der Waals surface area contributed by atoms with Crippen molar-refractivity contribution in [3.8, 4) is 0 Å². The summed E-state index contributed by atoms with van der Waals surface area (Å²) < 4.78 is 0. The highest BCUT2D eigenvalue weighted by Gasteiger charge is 2.09. The predicted octanol–water partition coefficient (Wildman–Crippen LogP) is 2.33. The molecule has 0 aliphatic rings. The Morgan fingerprint density at radius 3 is 1.92 bits per heavy atom. The van der Waals surface area contributed by atoms with E-state index in [2.05, 4.69) is 20.8 Å². The molecule has 0 radical (unpaired) electrons. The highest BCUT2D eigenvalue weighted by atomic mass is 16.3. The Kier molecular flexibility index (Phi) is 7.29. The molecule has 2 N–H and O–H groups in total. The fourth-order valence-electron chi connectivity index (χ4n) is 1.52. The molecule has 2 atom stereocenters. The van der Waals surface area contributed by atoms with E-state index in [0.717, 1.165) is 32.1 Å². The van der Waals surface area contributed by atoms with Crippen molar-refractivity contribution in [3.05, 3.63) is 0 Å². The molecule has 13 heavy (non-hydrogen) atoms. The van der Waals surface area contributed by atoms with Crippen LogP contribution >= 0.6 is 0 Å². The molecule has 0 saturated heterocycles. The summed E-state index contributed by atoms with van der Waals surface area (Å²) in [6, 6.07) is 0. The smallest absolute Gasteiger partial charge is 0.0543 e. The van der Waals surface area contributed by atoms with Crippen molar-refractivity contribution in [1.29, 1.82) is 0 Å². The maximum absolute atomic E-state index is 9.53. The summed E-state index contributed by atoms with van der Waals surface area (Å²) in [6.45, 7) is 6.27. The first-order valence-corrected chi connectivity index (χ1v) is 5.42. The summed E-state index contributed by atoms with van der Waals surface area (Å²) >= 11 is 0. The lowest BCUT2D eigenvalue weighted by atomic mass is 10.00. The quantitative estimate of drug-likeness (QED) is 0.644. The minimum absolute atomic E-state index is 0.216. The summed E-state index contributed by atoms with van der Waals surface area (Å²) in [5.41, 5.74) is 0. The van der Waals surface area contributed by atoms with Gasteiger partial charge in [0.05, 0.1) is 12.2 Å². The Morgan fingerprint density at radius 1 is 0.923 bits per heavy atom. The van der Waals surface area contributed by atoms with Crippen LogP contribution in [0.25, 0.3) is 0 Å². The molecule has 0 aliphatic heterocycles. The molecule has 2 unspecified atom stereocenters. The van der Waals surface area contributed by atoms with Gasteiger partial charge in [-0.25, -0.2) is 0 Å². The third-order valence-electron chi connectivity index (χ3n) is 2.20. The third-order valence-corrected chi connectivity index (χ3v) is 2.20. The van der Waals surface area contributed by atoms with Crippen molar-refractivity contribution in [1.82, 2.24) is 0 Å². The molecule has 0 aromatic heterocycles. The minimum Gasteiger partial charge on any atom is -0.393 e. The first kappa shape index (κ1) is 12.9. The van der Waals surface area contributed by atoms with Gasteiger partial charge in [0.25, 0.3) is 0 Å². The van der Waals surface area contributed by atoms with Gasteiger partial charge in [-0.05, 0) is 31.6 Å². The van der Waals surface area contributed by atoms with Gasteiger partial charge in [-0.2, -0.15) is 0 Å². The zero-order chi connectivity index (χ0) is 10.3. The van der Waals surface area contributed by atoms with Crippen LogP contribution in [0.5, 0.6) is 0 Å². The second kappa shape index (κ2) is 7.34. The summed E-state index contributed by atoms with van der Waals surface area (Å²) in [4.78, 5) is 0. The van der Waals surface area contributed by atoms with Crippen molar-refractivity contribution in [2.45, 2.75) is 65.1 Å². The van der Waals surface area contributed by atoms with Gasteiger partial charge in [-0.1, -0.05) is 27.2 Å². The molecule has 0 spiro atoms. The molecule has 80 valence electrons. The zero-order valence-corrected chi connectivity index (χ0v) is 9.16. The fourth-order valence-corrected chi connectivity index (χ4v) is 1.52. The standard InChI is InChI=1S/C11H24O2/c1-4-5-10(12)6-7-11(13)8-9(2)3/h9-13H,4-8H2,1-3H3. The Morgan fingerprint density at radius 2 is 1.46 bits per heavy atom. The van der Waals surface area contributed by atoms with Crippen molar-refractivity contribution >= 4 is 0 Å². The van der Waals surface area contributed by atoms with Crippen LogP contribution in [0.15, 0.2) is 0 Å². The van der Waals surface area contributed by atoms with Crippen molar-refractivity contribution in [2.75, 3.05) is 0 Å². The van der Waals surface area contributed by atoms with E-state index in [1.165, 1.54) is 0 Å². The summed E-state index contributed by atoms with van der Waals surface area (Å²) in [5.74, 6) is 0.540. The Bertz CT molecular complexity index is 113. The number of hydrogen-bond acceptors (Lipinski definition) is 2. The highest BCUT2D eigenvalue weighted by molar-refractivity contribution is 4.62. The van der Waals surface area contributed by atoms with E-state index in [1.54, 1.807) is 0 Å². The summed E-state index contributed by atoms with van der Waals surface area (Å²) in [7, 11) is 0. The lowest BCUT2D eigenvalue weighted by Crippen LogP contribution is -2.14. The van der Waals surface area contributed by atoms with E-state index in [9.17, 15) is 10.2 Å². The van der Waals surface area contributed by atoms with Crippen LogP contribution in [-0.2, 0) is 0 Å². The molecular weight excluding hydrogens is 164 g/mol. The van der Waals surface area contributed by atoms with E-state index in [4.69, 9.17) is 0 Å². The molecular formula is C11H24O2. The van der Waals surface area contributed by atoms with Crippen molar-refractivity contribution < 1.29 is 10.2 Å². The molecule has 0 rings (SSSR count). The predicted molar refractivity (Wildman–Crippen MR) is 55.6 cm³/mol. The van der Waals surface area contributed by atoms with Crippen LogP contribution < -0.4 is 0 Å². The molecule has 0 aliphatic carbocycles. The molecule has 0 aromatic rings. The molecule has 0 saturated carbocycles. The molecule has 0 aromatic carbocycles. The monoisotopic (exact) mass is 188 g/mol. The third kappa shape index (κ3) is 8.26. The van der Waals surface area contributed by atoms with E-state index < -0.39 is 0 Å². The van der Waals surface area contributed by atoms with E-state index in [0.29, 0.717) is 5.92 Å². The van der Waals surface area contributed by atoms with Crippen LogP contribution in [-0.4, -0.2) is 22.4 Å². The van der Waals surface area contributed by atoms with E-state index >= 15 is 0 Å². The molecule has 0 amide bonds. The second-order valence-electron chi connectivity index (χ2n) is 4.30. The number of hydrogen-bond donors (Lipinski definition) is 2. The minimum atomic E-state index is -0.230. The fraction of sp³-hybridized carbons (Fsp3) is 1.00. The lowest BCUT2D eigenvalue weighted by molar-refractivity contribution is 0.0965. The molecule has 0 fully saturated rings. The van der Waals surface area contributed by atoms with Gasteiger partial charge in [-0.3, -0.25) is 0 Å². The van der Waals surface area contributed by atoms with Crippen LogP contribution in [0.3, 0.4) is 0 Å². The molecule has 2 nitrogen and oxygen atoms in total. The Labute approximate surface area is 82.0 Å². The summed E-state index contributed by atoms with van der Waals surface area (Å²) in [6.07, 6.45) is 3.74. The maximum atomic E-state index is 9.53. The van der Waals surface area contributed by atoms with Gasteiger partial charge >= 0.3 is 0 Å². The normalized spacial score (nSPS) is 16.2. The van der Waals surface area contributed by atoms with Crippen LogP contribution in [0.2, 0.25) is 0 Å². The Hall–Kier alpha value is -0.0800. The average Bonchev–Trinajstić information content (AvgIpc) is 2.00. The summed E-state index contributed by atoms with van der Waals surface area (Å²) in [5, 5.41) is 18.9. The first-order valence-electron chi connectivity index (χ1n) is 5.42. The van der Waals surface area contributed by atoms with Gasteiger partial charge in [0, 0.05) is 0 Å².